The van der Waals surface area contributed by atoms with E-state index in [4.69, 9.17) is 0 Å². The number of benzene rings is 1. The molecule has 0 saturated heterocycles. The lowest BCUT2D eigenvalue weighted by atomic mass is 9.99. The zero-order chi connectivity index (χ0) is 21.9. The first-order chi connectivity index (χ1) is 14.8. The van der Waals surface area contributed by atoms with Crippen LogP contribution >= 0.6 is 0 Å². The normalized spacial score (nSPS) is 13.6. The number of fused-ring (bicyclic) bond motifs is 2. The van der Waals surface area contributed by atoms with Gasteiger partial charge in [0.1, 0.15) is 0 Å². The molecule has 0 atom stereocenters. The van der Waals surface area contributed by atoms with E-state index in [9.17, 15) is 18.0 Å². The molecule has 1 aromatic carbocycles. The minimum Gasteiger partial charge on any atom is -0.331 e. The van der Waals surface area contributed by atoms with E-state index in [-0.39, 0.29) is 18.0 Å². The van der Waals surface area contributed by atoms with Crippen LogP contribution in [-0.4, -0.2) is 41.9 Å². The van der Waals surface area contributed by atoms with E-state index >= 15 is 0 Å². The first kappa shape index (κ1) is 19.3. The van der Waals surface area contributed by atoms with Crippen molar-refractivity contribution in [1.82, 2.24) is 29.4 Å². The Morgan fingerprint density at radius 2 is 1.81 bits per heavy atom. The topological polar surface area (TPSA) is 68.8 Å². The second-order valence-electron chi connectivity index (χ2n) is 7.47. The summed E-state index contributed by atoms with van der Waals surface area (Å²) in [7, 11) is 3.38. The molecule has 4 aromatic rings. The van der Waals surface area contributed by atoms with Gasteiger partial charge in [-0.25, -0.2) is 22.8 Å². The molecule has 0 fully saturated rings. The third-order valence-corrected chi connectivity index (χ3v) is 5.55. The number of carbonyl (C=O) groups excluding carboxylic acids is 1. The maximum absolute atomic E-state index is 13.8. The molecule has 0 aliphatic carbocycles. The number of rotatable bonds is 2. The van der Waals surface area contributed by atoms with E-state index in [0.29, 0.717) is 41.1 Å². The lowest BCUT2D eigenvalue weighted by Gasteiger charge is -2.26. The Bertz CT molecular complexity index is 1340. The lowest BCUT2D eigenvalue weighted by Crippen LogP contribution is -2.36. The van der Waals surface area contributed by atoms with E-state index < -0.39 is 17.5 Å². The highest BCUT2D eigenvalue weighted by Crippen LogP contribution is 2.32. The first-order valence-corrected chi connectivity index (χ1v) is 9.61. The van der Waals surface area contributed by atoms with Gasteiger partial charge in [-0.3, -0.25) is 9.48 Å². The fourth-order valence-electron chi connectivity index (χ4n) is 4.15. The molecule has 31 heavy (non-hydrogen) atoms. The Balaban J connectivity index is 1.49. The van der Waals surface area contributed by atoms with Crippen LogP contribution in [0.4, 0.5) is 13.2 Å². The maximum Gasteiger partial charge on any atom is 0.275 e. The molecule has 1 aliphatic rings. The van der Waals surface area contributed by atoms with Crippen LogP contribution in [0.15, 0.2) is 30.5 Å². The van der Waals surface area contributed by atoms with Crippen LogP contribution in [-0.2, 0) is 27.1 Å². The SMILES string of the molecule is Cn1nc2c(c1-c1cc(F)c(F)c(F)c1)CCN(C(=O)c1nn(C)c3ncccc13)C2. The fraction of sp³-hybridized carbons (Fsp3) is 0.238. The van der Waals surface area contributed by atoms with Crippen molar-refractivity contribution < 1.29 is 18.0 Å². The number of aryl methyl sites for hydroxylation is 2. The molecule has 7 nitrogen and oxygen atoms in total. The fourth-order valence-corrected chi connectivity index (χ4v) is 4.15. The molecular formula is C21H17F3N6O. The molecule has 1 aliphatic heterocycles. The van der Waals surface area contributed by atoms with E-state index in [1.165, 1.54) is 4.68 Å². The van der Waals surface area contributed by atoms with Gasteiger partial charge < -0.3 is 4.90 Å². The predicted octanol–water partition coefficient (Wildman–Crippen LogP) is 2.98. The van der Waals surface area contributed by atoms with Crippen molar-refractivity contribution in [2.24, 2.45) is 14.1 Å². The van der Waals surface area contributed by atoms with Crippen molar-refractivity contribution in [3.05, 3.63) is 64.9 Å². The Morgan fingerprint density at radius 1 is 1.06 bits per heavy atom. The van der Waals surface area contributed by atoms with E-state index in [2.05, 4.69) is 15.2 Å². The molecule has 5 rings (SSSR count). The molecular weight excluding hydrogens is 409 g/mol. The number of hydrogen-bond acceptors (Lipinski definition) is 4. The van der Waals surface area contributed by atoms with Gasteiger partial charge >= 0.3 is 0 Å². The minimum absolute atomic E-state index is 0.203. The molecule has 0 N–H and O–H groups in total. The van der Waals surface area contributed by atoms with Gasteiger partial charge in [-0.05, 0) is 30.7 Å². The van der Waals surface area contributed by atoms with E-state index in [1.54, 1.807) is 42.0 Å². The van der Waals surface area contributed by atoms with Crippen molar-refractivity contribution >= 4 is 16.9 Å². The minimum atomic E-state index is -1.51. The highest BCUT2D eigenvalue weighted by Gasteiger charge is 2.30. The number of carbonyl (C=O) groups is 1. The zero-order valence-electron chi connectivity index (χ0n) is 16.7. The molecule has 4 heterocycles. The average Bonchev–Trinajstić information content (AvgIpc) is 3.27. The monoisotopic (exact) mass is 426 g/mol. The number of nitrogens with zero attached hydrogens (tertiary/aromatic N) is 6. The summed E-state index contributed by atoms with van der Waals surface area (Å²) in [5.74, 6) is -4.26. The van der Waals surface area contributed by atoms with Crippen molar-refractivity contribution in [3.8, 4) is 11.3 Å². The number of aromatic nitrogens is 5. The van der Waals surface area contributed by atoms with Crippen molar-refractivity contribution in [3.63, 3.8) is 0 Å². The summed E-state index contributed by atoms with van der Waals surface area (Å²) in [6, 6.07) is 5.47. The van der Waals surface area contributed by atoms with Crippen LogP contribution in [0.5, 0.6) is 0 Å². The molecule has 0 radical (unpaired) electrons. The van der Waals surface area contributed by atoms with Crippen molar-refractivity contribution in [2.75, 3.05) is 6.54 Å². The van der Waals surface area contributed by atoms with Crippen LogP contribution < -0.4 is 0 Å². The highest BCUT2D eigenvalue weighted by atomic mass is 19.2. The first-order valence-electron chi connectivity index (χ1n) is 9.61. The third-order valence-electron chi connectivity index (χ3n) is 5.55. The van der Waals surface area contributed by atoms with Gasteiger partial charge in [0.2, 0.25) is 0 Å². The number of pyridine rings is 1. The summed E-state index contributed by atoms with van der Waals surface area (Å²) in [6.45, 7) is 0.613. The van der Waals surface area contributed by atoms with Gasteiger partial charge in [0.15, 0.2) is 28.8 Å². The standard InChI is InChI=1S/C21H17F3N6O/c1-28-19(11-8-14(22)17(24)15(23)9-11)12-5-7-30(10-16(12)26-28)21(31)18-13-4-3-6-25-20(13)29(2)27-18/h3-4,6,8-9H,5,7,10H2,1-2H3. The largest absolute Gasteiger partial charge is 0.331 e. The van der Waals surface area contributed by atoms with Crippen molar-refractivity contribution in [2.45, 2.75) is 13.0 Å². The Labute approximate surface area is 174 Å². The van der Waals surface area contributed by atoms with E-state index in [1.807, 2.05) is 0 Å². The molecule has 1 amide bonds. The summed E-state index contributed by atoms with van der Waals surface area (Å²) in [5.41, 5.74) is 3.05. The zero-order valence-corrected chi connectivity index (χ0v) is 16.7. The van der Waals surface area contributed by atoms with Crippen LogP contribution in [0.25, 0.3) is 22.3 Å². The molecule has 0 bridgehead atoms. The van der Waals surface area contributed by atoms with Crippen LogP contribution in [0.1, 0.15) is 21.7 Å². The van der Waals surface area contributed by atoms with Gasteiger partial charge in [0, 0.05) is 38.0 Å². The van der Waals surface area contributed by atoms with Gasteiger partial charge in [-0.1, -0.05) is 0 Å². The quantitative estimate of drug-likeness (QED) is 0.462. The van der Waals surface area contributed by atoms with Crippen LogP contribution in [0, 0.1) is 17.5 Å². The average molecular weight is 426 g/mol. The van der Waals surface area contributed by atoms with Gasteiger partial charge in [0.25, 0.3) is 5.91 Å². The second kappa shape index (κ2) is 6.93. The summed E-state index contributed by atoms with van der Waals surface area (Å²) < 4.78 is 44.0. The van der Waals surface area contributed by atoms with Gasteiger partial charge in [-0.2, -0.15) is 10.2 Å². The number of halogens is 3. The van der Waals surface area contributed by atoms with E-state index in [0.717, 1.165) is 17.7 Å². The Morgan fingerprint density at radius 3 is 2.55 bits per heavy atom. The summed E-state index contributed by atoms with van der Waals surface area (Å²) in [4.78, 5) is 19.1. The maximum atomic E-state index is 13.8. The molecule has 0 saturated carbocycles. The van der Waals surface area contributed by atoms with Crippen LogP contribution in [0.3, 0.4) is 0 Å². The molecule has 10 heteroatoms. The van der Waals surface area contributed by atoms with Gasteiger partial charge in [0.05, 0.1) is 23.3 Å². The lowest BCUT2D eigenvalue weighted by molar-refractivity contribution is 0.0727. The Hall–Kier alpha value is -3.69. The summed E-state index contributed by atoms with van der Waals surface area (Å²) >= 11 is 0. The van der Waals surface area contributed by atoms with Crippen molar-refractivity contribution in [1.29, 1.82) is 0 Å². The molecule has 158 valence electrons. The summed E-state index contributed by atoms with van der Waals surface area (Å²) in [6.07, 6.45) is 2.08. The molecule has 0 spiro atoms. The Kier molecular flexibility index (Phi) is 4.31. The number of hydrogen-bond donors (Lipinski definition) is 0. The predicted molar refractivity (Wildman–Crippen MR) is 105 cm³/mol. The second-order valence-corrected chi connectivity index (χ2v) is 7.47. The molecule has 0 unspecified atom stereocenters. The number of amides is 1. The highest BCUT2D eigenvalue weighted by molar-refractivity contribution is 6.04. The summed E-state index contributed by atoms with van der Waals surface area (Å²) in [5, 5.41) is 9.45. The molecule has 3 aromatic heterocycles. The van der Waals surface area contributed by atoms with Gasteiger partial charge in [-0.15, -0.1) is 0 Å². The third kappa shape index (κ3) is 2.97. The smallest absolute Gasteiger partial charge is 0.275 e. The van der Waals surface area contributed by atoms with Crippen LogP contribution in [0.2, 0.25) is 0 Å².